The number of amides is 1. The maximum atomic E-state index is 11.7. The molecule has 0 heterocycles. The Bertz CT molecular complexity index is 466. The standard InChI is InChI=1S/C18H28N2O2/c1-3-4-5-6-7-8-9-10-18(22)20-19-15(2)16-11-13-17(21)14-12-16/h11-14,21H,3-10H2,1-2H3,(H,20,22). The highest BCUT2D eigenvalue weighted by atomic mass is 16.3. The molecule has 0 saturated carbocycles. The predicted molar refractivity (Wildman–Crippen MR) is 91.1 cm³/mol. The molecule has 0 aliphatic carbocycles. The Hall–Kier alpha value is -1.84. The molecule has 1 rings (SSSR count). The van der Waals surface area contributed by atoms with Gasteiger partial charge in [0.25, 0.3) is 0 Å². The van der Waals surface area contributed by atoms with Crippen LogP contribution in [-0.2, 0) is 4.79 Å². The van der Waals surface area contributed by atoms with Gasteiger partial charge in [0.15, 0.2) is 0 Å². The predicted octanol–water partition coefficient (Wildman–Crippen LogP) is 4.37. The molecule has 0 saturated heterocycles. The van der Waals surface area contributed by atoms with Gasteiger partial charge in [-0.25, -0.2) is 5.43 Å². The van der Waals surface area contributed by atoms with Crippen LogP contribution in [0.1, 0.15) is 70.8 Å². The summed E-state index contributed by atoms with van der Waals surface area (Å²) >= 11 is 0. The molecule has 22 heavy (non-hydrogen) atoms. The first-order valence-corrected chi connectivity index (χ1v) is 8.26. The van der Waals surface area contributed by atoms with Gasteiger partial charge < -0.3 is 5.11 Å². The van der Waals surface area contributed by atoms with Crippen molar-refractivity contribution in [3.8, 4) is 5.75 Å². The quantitative estimate of drug-likeness (QED) is 0.383. The number of nitrogens with zero attached hydrogens (tertiary/aromatic N) is 1. The van der Waals surface area contributed by atoms with Crippen LogP contribution in [0.5, 0.6) is 5.75 Å². The minimum atomic E-state index is -0.0355. The van der Waals surface area contributed by atoms with E-state index in [4.69, 9.17) is 0 Å². The Balaban J connectivity index is 2.19. The molecule has 4 nitrogen and oxygen atoms in total. The molecule has 0 aromatic heterocycles. The van der Waals surface area contributed by atoms with Crippen molar-refractivity contribution >= 4 is 11.6 Å². The fourth-order valence-electron chi connectivity index (χ4n) is 2.21. The zero-order valence-corrected chi connectivity index (χ0v) is 13.8. The van der Waals surface area contributed by atoms with Gasteiger partial charge in [-0.2, -0.15) is 5.10 Å². The molecule has 0 radical (unpaired) electrons. The lowest BCUT2D eigenvalue weighted by Gasteiger charge is -2.04. The summed E-state index contributed by atoms with van der Waals surface area (Å²) in [5.41, 5.74) is 4.21. The first kappa shape index (κ1) is 18.2. The Morgan fingerprint density at radius 1 is 1.05 bits per heavy atom. The van der Waals surface area contributed by atoms with Crippen molar-refractivity contribution in [2.24, 2.45) is 5.10 Å². The molecule has 0 unspecified atom stereocenters. The second-order valence-corrected chi connectivity index (χ2v) is 5.65. The number of unbranched alkanes of at least 4 members (excludes halogenated alkanes) is 6. The Labute approximate surface area is 133 Å². The van der Waals surface area contributed by atoms with Crippen molar-refractivity contribution in [2.45, 2.75) is 65.2 Å². The van der Waals surface area contributed by atoms with E-state index in [0.29, 0.717) is 6.42 Å². The summed E-state index contributed by atoms with van der Waals surface area (Å²) in [5, 5.41) is 13.3. The molecule has 2 N–H and O–H groups in total. The molecule has 1 amide bonds. The van der Waals surface area contributed by atoms with Crippen LogP contribution in [0, 0.1) is 0 Å². The monoisotopic (exact) mass is 304 g/mol. The van der Waals surface area contributed by atoms with Crippen LogP contribution in [0.3, 0.4) is 0 Å². The van der Waals surface area contributed by atoms with E-state index in [9.17, 15) is 9.90 Å². The molecule has 0 fully saturated rings. The number of hydrazone groups is 1. The number of carbonyl (C=O) groups excluding carboxylic acids is 1. The number of phenolic OH excluding ortho intramolecular Hbond substituents is 1. The summed E-state index contributed by atoms with van der Waals surface area (Å²) in [5.74, 6) is 0.186. The smallest absolute Gasteiger partial charge is 0.240 e. The van der Waals surface area contributed by atoms with Gasteiger partial charge in [0.2, 0.25) is 5.91 Å². The van der Waals surface area contributed by atoms with Crippen LogP contribution in [0.15, 0.2) is 29.4 Å². The van der Waals surface area contributed by atoms with Crippen LogP contribution in [0.25, 0.3) is 0 Å². The van der Waals surface area contributed by atoms with Gasteiger partial charge in [-0.15, -0.1) is 0 Å². The van der Waals surface area contributed by atoms with Crippen LogP contribution < -0.4 is 5.43 Å². The number of hydrogen-bond donors (Lipinski definition) is 2. The number of benzene rings is 1. The van der Waals surface area contributed by atoms with Crippen LogP contribution in [0.4, 0.5) is 0 Å². The molecule has 122 valence electrons. The van der Waals surface area contributed by atoms with E-state index >= 15 is 0 Å². The van der Waals surface area contributed by atoms with Crippen molar-refractivity contribution in [3.05, 3.63) is 29.8 Å². The minimum Gasteiger partial charge on any atom is -0.508 e. The molecule has 4 heteroatoms. The lowest BCUT2D eigenvalue weighted by molar-refractivity contribution is -0.121. The summed E-state index contributed by atoms with van der Waals surface area (Å²) in [6.45, 7) is 4.05. The van der Waals surface area contributed by atoms with Crippen molar-refractivity contribution in [1.82, 2.24) is 5.43 Å². The van der Waals surface area contributed by atoms with E-state index in [0.717, 1.165) is 24.1 Å². The summed E-state index contributed by atoms with van der Waals surface area (Å²) in [4.78, 5) is 11.7. The summed E-state index contributed by atoms with van der Waals surface area (Å²) in [6, 6.07) is 6.76. The fraction of sp³-hybridized carbons (Fsp3) is 0.556. The van der Waals surface area contributed by atoms with E-state index in [1.54, 1.807) is 24.3 Å². The highest BCUT2D eigenvalue weighted by molar-refractivity contribution is 5.99. The highest BCUT2D eigenvalue weighted by Gasteiger charge is 2.02. The normalized spacial score (nSPS) is 11.5. The van der Waals surface area contributed by atoms with Crippen LogP contribution >= 0.6 is 0 Å². The molecule has 1 aromatic rings. The molecule has 0 bridgehead atoms. The molecule has 0 atom stereocenters. The zero-order valence-electron chi connectivity index (χ0n) is 13.8. The molecular formula is C18H28N2O2. The van der Waals surface area contributed by atoms with Gasteiger partial charge in [0.05, 0.1) is 5.71 Å². The Morgan fingerprint density at radius 3 is 2.27 bits per heavy atom. The fourth-order valence-corrected chi connectivity index (χ4v) is 2.21. The van der Waals surface area contributed by atoms with Gasteiger partial charge in [-0.05, 0) is 43.2 Å². The third kappa shape index (κ3) is 7.81. The van der Waals surface area contributed by atoms with Gasteiger partial charge in [0, 0.05) is 6.42 Å². The minimum absolute atomic E-state index is 0.0355. The van der Waals surface area contributed by atoms with Crippen molar-refractivity contribution in [3.63, 3.8) is 0 Å². The van der Waals surface area contributed by atoms with E-state index in [1.807, 2.05) is 6.92 Å². The second-order valence-electron chi connectivity index (χ2n) is 5.65. The molecule has 0 aliphatic rings. The number of nitrogens with one attached hydrogen (secondary N) is 1. The molecule has 0 aliphatic heterocycles. The average Bonchev–Trinajstić information content (AvgIpc) is 2.52. The third-order valence-corrected chi connectivity index (χ3v) is 3.64. The maximum absolute atomic E-state index is 11.7. The van der Waals surface area contributed by atoms with Gasteiger partial charge in [-0.1, -0.05) is 45.4 Å². The van der Waals surface area contributed by atoms with Crippen molar-refractivity contribution in [1.29, 1.82) is 0 Å². The van der Waals surface area contributed by atoms with E-state index < -0.39 is 0 Å². The van der Waals surface area contributed by atoms with Gasteiger partial charge in [-0.3, -0.25) is 4.79 Å². The maximum Gasteiger partial charge on any atom is 0.240 e. The highest BCUT2D eigenvalue weighted by Crippen LogP contribution is 2.10. The average molecular weight is 304 g/mol. The Morgan fingerprint density at radius 2 is 1.64 bits per heavy atom. The molecule has 0 spiro atoms. The third-order valence-electron chi connectivity index (χ3n) is 3.64. The summed E-state index contributed by atoms with van der Waals surface area (Å²) in [7, 11) is 0. The first-order chi connectivity index (χ1) is 10.6. The largest absolute Gasteiger partial charge is 0.508 e. The zero-order chi connectivity index (χ0) is 16.2. The van der Waals surface area contributed by atoms with E-state index in [1.165, 1.54) is 32.1 Å². The van der Waals surface area contributed by atoms with Crippen LogP contribution in [0.2, 0.25) is 0 Å². The number of hydrogen-bond acceptors (Lipinski definition) is 3. The topological polar surface area (TPSA) is 61.7 Å². The summed E-state index contributed by atoms with van der Waals surface area (Å²) < 4.78 is 0. The second kappa shape index (κ2) is 10.8. The number of aromatic hydroxyl groups is 1. The number of carbonyl (C=O) groups is 1. The lowest BCUT2D eigenvalue weighted by Crippen LogP contribution is -2.18. The SMILES string of the molecule is CCCCCCCCCC(=O)NN=C(C)c1ccc(O)cc1. The van der Waals surface area contributed by atoms with Gasteiger partial charge in [0.1, 0.15) is 5.75 Å². The van der Waals surface area contributed by atoms with Gasteiger partial charge >= 0.3 is 0 Å². The van der Waals surface area contributed by atoms with Crippen molar-refractivity contribution < 1.29 is 9.90 Å². The molecular weight excluding hydrogens is 276 g/mol. The van der Waals surface area contributed by atoms with Crippen molar-refractivity contribution in [2.75, 3.05) is 0 Å². The van der Waals surface area contributed by atoms with E-state index in [-0.39, 0.29) is 11.7 Å². The lowest BCUT2D eigenvalue weighted by atomic mass is 10.1. The first-order valence-electron chi connectivity index (χ1n) is 8.26. The van der Waals surface area contributed by atoms with Crippen LogP contribution in [-0.4, -0.2) is 16.7 Å². The summed E-state index contributed by atoms with van der Waals surface area (Å²) in [6.07, 6.45) is 8.92. The number of rotatable bonds is 10. The number of phenols is 1. The Kier molecular flexibility index (Phi) is 8.96. The molecule has 1 aromatic carbocycles. The van der Waals surface area contributed by atoms with E-state index in [2.05, 4.69) is 17.5 Å².